The number of hydrogen-bond donors (Lipinski definition) is 3. The van der Waals surface area contributed by atoms with Crippen molar-refractivity contribution in [2.24, 2.45) is 0 Å². The van der Waals surface area contributed by atoms with Gasteiger partial charge in [0.1, 0.15) is 10.9 Å². The quantitative estimate of drug-likeness (QED) is 0.380. The van der Waals surface area contributed by atoms with Gasteiger partial charge in [0.05, 0.1) is 11.6 Å². The van der Waals surface area contributed by atoms with Crippen molar-refractivity contribution < 1.29 is 4.79 Å². The van der Waals surface area contributed by atoms with E-state index in [1.807, 2.05) is 17.6 Å². The number of nitrogens with one attached hydrogen (secondary N) is 2. The van der Waals surface area contributed by atoms with Crippen LogP contribution in [0.15, 0.2) is 33.2 Å². The highest BCUT2D eigenvalue weighted by Gasteiger charge is 2.32. The molecule has 2 unspecified atom stereocenters. The van der Waals surface area contributed by atoms with Gasteiger partial charge in [-0.3, -0.25) is 10.1 Å². The van der Waals surface area contributed by atoms with Crippen molar-refractivity contribution in [3.8, 4) is 5.40 Å². The number of thioether (sulfide) groups is 1. The molecule has 0 spiro atoms. The molecular weight excluding hydrogens is 304 g/mol. The molecule has 0 fully saturated rings. The van der Waals surface area contributed by atoms with Crippen molar-refractivity contribution in [3.05, 3.63) is 33.2 Å². The standard InChI is InChI=1S/C14H20N4OS2/c1-3-12-13(17-10-19)20-14(16-4-2)18(12)8-11-6-5-7-21(11)9-15/h5-7,10,14,16,21H,3-4,8H2,1-2H3,(H,17,19). The molecule has 2 atom stereocenters. The first-order chi connectivity index (χ1) is 10.2. The Bertz CT molecular complexity index is 536. The van der Waals surface area contributed by atoms with Crippen LogP contribution in [0.2, 0.25) is 0 Å². The Balaban J connectivity index is 2.19. The lowest BCUT2D eigenvalue weighted by Crippen LogP contribution is -2.40. The summed E-state index contributed by atoms with van der Waals surface area (Å²) in [5, 5.41) is 20.7. The van der Waals surface area contributed by atoms with Crippen LogP contribution in [-0.4, -0.2) is 29.9 Å². The Hall–Kier alpha value is -1.36. The second-order valence-corrected chi connectivity index (χ2v) is 7.42. The lowest BCUT2D eigenvalue weighted by Gasteiger charge is -2.30. The van der Waals surface area contributed by atoms with Gasteiger partial charge in [-0.25, -0.2) is 0 Å². The van der Waals surface area contributed by atoms with Crippen LogP contribution in [-0.2, 0) is 4.79 Å². The maximum Gasteiger partial charge on any atom is 0.211 e. The fourth-order valence-corrected chi connectivity index (χ4v) is 4.88. The van der Waals surface area contributed by atoms with E-state index in [9.17, 15) is 10.1 Å². The Morgan fingerprint density at radius 3 is 3.00 bits per heavy atom. The first kappa shape index (κ1) is 16.0. The highest BCUT2D eigenvalue weighted by atomic mass is 32.2. The fourth-order valence-electron chi connectivity index (χ4n) is 2.37. The lowest BCUT2D eigenvalue weighted by atomic mass is 10.3. The van der Waals surface area contributed by atoms with E-state index in [-0.39, 0.29) is 5.50 Å². The molecule has 2 rings (SSSR count). The van der Waals surface area contributed by atoms with Gasteiger partial charge in [0.15, 0.2) is 0 Å². The Labute approximate surface area is 132 Å². The van der Waals surface area contributed by atoms with Crippen molar-refractivity contribution >= 4 is 29.1 Å². The summed E-state index contributed by atoms with van der Waals surface area (Å²) in [7, 11) is -0.802. The molecule has 114 valence electrons. The second kappa shape index (κ2) is 7.59. The third kappa shape index (κ3) is 3.46. The summed E-state index contributed by atoms with van der Waals surface area (Å²) in [5.41, 5.74) is 1.23. The van der Waals surface area contributed by atoms with E-state index in [2.05, 4.69) is 34.8 Å². The van der Waals surface area contributed by atoms with Crippen LogP contribution in [0, 0.1) is 10.7 Å². The molecule has 0 saturated heterocycles. The van der Waals surface area contributed by atoms with Crippen molar-refractivity contribution in [2.75, 3.05) is 13.1 Å². The van der Waals surface area contributed by atoms with Gasteiger partial charge >= 0.3 is 0 Å². The van der Waals surface area contributed by atoms with Gasteiger partial charge in [0.25, 0.3) is 0 Å². The molecule has 2 heterocycles. The van der Waals surface area contributed by atoms with E-state index in [0.717, 1.165) is 41.6 Å². The zero-order chi connectivity index (χ0) is 15.2. The highest BCUT2D eigenvalue weighted by molar-refractivity contribution is 8.27. The largest absolute Gasteiger partial charge is 0.343 e. The Morgan fingerprint density at radius 2 is 2.38 bits per heavy atom. The molecule has 2 aliphatic rings. The van der Waals surface area contributed by atoms with E-state index in [4.69, 9.17) is 0 Å². The van der Waals surface area contributed by atoms with Crippen molar-refractivity contribution in [1.29, 1.82) is 5.26 Å². The topological polar surface area (TPSA) is 68.2 Å². The summed E-state index contributed by atoms with van der Waals surface area (Å²) in [4.78, 5) is 14.2. The number of carbonyl (C=O) groups excluding carboxylic acids is 1. The zero-order valence-corrected chi connectivity index (χ0v) is 13.9. The SMILES string of the molecule is CCNC1SC(NC=O)=C(CC)N1CC1=CC=C[SH]1C#N. The minimum atomic E-state index is -0.802. The summed E-state index contributed by atoms with van der Waals surface area (Å²) in [6, 6.07) is 0. The maximum absolute atomic E-state index is 10.8. The van der Waals surface area contributed by atoms with E-state index in [1.165, 1.54) is 0 Å². The van der Waals surface area contributed by atoms with Gasteiger partial charge in [0, 0.05) is 10.6 Å². The van der Waals surface area contributed by atoms with Crippen LogP contribution in [0.5, 0.6) is 0 Å². The molecule has 0 aromatic rings. The average Bonchev–Trinajstić information content (AvgIpc) is 3.05. The molecule has 0 aromatic heterocycles. The Morgan fingerprint density at radius 1 is 1.57 bits per heavy atom. The minimum absolute atomic E-state index is 0.101. The van der Waals surface area contributed by atoms with Crippen molar-refractivity contribution in [1.82, 2.24) is 15.5 Å². The normalized spacial score (nSPS) is 26.0. The average molecular weight is 324 g/mol. The predicted molar refractivity (Wildman–Crippen MR) is 90.1 cm³/mol. The lowest BCUT2D eigenvalue weighted by molar-refractivity contribution is -0.108. The predicted octanol–water partition coefficient (Wildman–Crippen LogP) is 2.15. The number of hydrogen-bond acceptors (Lipinski definition) is 5. The minimum Gasteiger partial charge on any atom is -0.343 e. The first-order valence-electron chi connectivity index (χ1n) is 6.91. The van der Waals surface area contributed by atoms with Crippen molar-refractivity contribution in [3.63, 3.8) is 0 Å². The van der Waals surface area contributed by atoms with E-state index in [0.29, 0.717) is 0 Å². The molecule has 2 N–H and O–H groups in total. The fraction of sp³-hybridized carbons (Fsp3) is 0.429. The molecule has 0 bridgehead atoms. The smallest absolute Gasteiger partial charge is 0.211 e. The van der Waals surface area contributed by atoms with Gasteiger partial charge in [0.2, 0.25) is 6.41 Å². The van der Waals surface area contributed by atoms with Crippen LogP contribution >= 0.6 is 22.7 Å². The molecule has 0 aliphatic carbocycles. The van der Waals surface area contributed by atoms with Crippen LogP contribution in [0.4, 0.5) is 0 Å². The van der Waals surface area contributed by atoms with Gasteiger partial charge in [-0.1, -0.05) is 37.8 Å². The van der Waals surface area contributed by atoms with Gasteiger partial charge < -0.3 is 10.2 Å². The maximum atomic E-state index is 10.8. The molecule has 0 radical (unpaired) electrons. The molecular formula is C14H20N4OS2. The zero-order valence-electron chi connectivity index (χ0n) is 12.2. The van der Waals surface area contributed by atoms with Crippen LogP contribution in [0.3, 0.4) is 0 Å². The van der Waals surface area contributed by atoms with Gasteiger partial charge in [-0.05, 0) is 18.4 Å². The molecule has 7 heteroatoms. The molecule has 0 aromatic carbocycles. The number of amides is 1. The van der Waals surface area contributed by atoms with E-state index in [1.54, 1.807) is 11.8 Å². The number of thiol groups is 1. The molecule has 1 amide bonds. The van der Waals surface area contributed by atoms with E-state index < -0.39 is 10.9 Å². The van der Waals surface area contributed by atoms with Crippen molar-refractivity contribution in [2.45, 2.75) is 25.8 Å². The summed E-state index contributed by atoms with van der Waals surface area (Å²) in [5.74, 6) is 0. The third-order valence-electron chi connectivity index (χ3n) is 3.30. The number of allylic oxidation sites excluding steroid dienone is 3. The number of thiocyanates is 1. The Kier molecular flexibility index (Phi) is 5.79. The summed E-state index contributed by atoms with van der Waals surface area (Å²) in [6.07, 6.45) is 5.58. The van der Waals surface area contributed by atoms with Crippen LogP contribution < -0.4 is 10.6 Å². The summed E-state index contributed by atoms with van der Waals surface area (Å²) in [6.45, 7) is 5.72. The van der Waals surface area contributed by atoms with Crippen LogP contribution in [0.25, 0.3) is 0 Å². The third-order valence-corrected chi connectivity index (χ3v) is 6.13. The number of nitriles is 1. The molecule has 2 aliphatic heterocycles. The second-order valence-electron chi connectivity index (χ2n) is 4.52. The monoisotopic (exact) mass is 324 g/mol. The first-order valence-corrected chi connectivity index (χ1v) is 9.20. The van der Waals surface area contributed by atoms with Gasteiger partial charge in [-0.2, -0.15) is 5.26 Å². The highest BCUT2D eigenvalue weighted by Crippen LogP contribution is 2.43. The summed E-state index contributed by atoms with van der Waals surface area (Å²) >= 11 is 1.62. The number of carbonyl (C=O) groups is 1. The summed E-state index contributed by atoms with van der Waals surface area (Å²) < 4.78 is 0. The van der Waals surface area contributed by atoms with Crippen LogP contribution in [0.1, 0.15) is 20.3 Å². The van der Waals surface area contributed by atoms with E-state index >= 15 is 0 Å². The van der Waals surface area contributed by atoms with Gasteiger partial charge in [-0.15, -0.1) is 10.9 Å². The number of nitrogens with zero attached hydrogens (tertiary/aromatic N) is 2. The molecule has 21 heavy (non-hydrogen) atoms. The molecule has 0 saturated carbocycles. The molecule has 5 nitrogen and oxygen atoms in total. The number of rotatable bonds is 7.